The van der Waals surface area contributed by atoms with Gasteiger partial charge in [0.15, 0.2) is 0 Å². The Labute approximate surface area is 106 Å². The molecule has 0 aliphatic rings. The molecule has 0 unspecified atom stereocenters. The third-order valence-corrected chi connectivity index (χ3v) is 2.38. The highest BCUT2D eigenvalue weighted by Gasteiger charge is 1.99. The molecule has 0 atom stereocenters. The Morgan fingerprint density at radius 3 is 2.06 bits per heavy atom. The van der Waals surface area contributed by atoms with Crippen LogP contribution in [-0.4, -0.2) is 0 Å². The molecule has 0 fully saturated rings. The molecular weight excluding hydrogens is 204 g/mol. The van der Waals surface area contributed by atoms with Crippen LogP contribution in [0.2, 0.25) is 0 Å². The Morgan fingerprint density at radius 1 is 1.12 bits per heavy atom. The summed E-state index contributed by atoms with van der Waals surface area (Å²) < 4.78 is 0. The van der Waals surface area contributed by atoms with E-state index >= 15 is 0 Å². The Kier molecular flexibility index (Phi) is 7.79. The fourth-order valence-electron chi connectivity index (χ4n) is 1.36. The van der Waals surface area contributed by atoms with E-state index < -0.39 is 0 Å². The van der Waals surface area contributed by atoms with Crippen molar-refractivity contribution in [3.63, 3.8) is 0 Å². The molecule has 0 radical (unpaired) electrons. The Morgan fingerprint density at radius 2 is 1.65 bits per heavy atom. The molecule has 0 bridgehead atoms. The van der Waals surface area contributed by atoms with Gasteiger partial charge >= 0.3 is 0 Å². The van der Waals surface area contributed by atoms with Gasteiger partial charge in [0.2, 0.25) is 0 Å². The van der Waals surface area contributed by atoms with Gasteiger partial charge in [-0.25, -0.2) is 0 Å². The molecular formula is C17H24. The zero-order valence-corrected chi connectivity index (χ0v) is 11.5. The van der Waals surface area contributed by atoms with Crippen LogP contribution in [0, 0.1) is 0 Å². The van der Waals surface area contributed by atoms with Gasteiger partial charge in [-0.05, 0) is 22.6 Å². The molecule has 1 rings (SSSR count). The van der Waals surface area contributed by atoms with Crippen LogP contribution in [0.5, 0.6) is 0 Å². The normalized spacial score (nSPS) is 9.94. The van der Waals surface area contributed by atoms with Crippen LogP contribution in [0.4, 0.5) is 0 Å². The maximum atomic E-state index is 4.00. The van der Waals surface area contributed by atoms with Crippen molar-refractivity contribution < 1.29 is 0 Å². The molecule has 0 heteroatoms. The average Bonchev–Trinajstić information content (AvgIpc) is 2.38. The van der Waals surface area contributed by atoms with E-state index in [-0.39, 0.29) is 0 Å². The van der Waals surface area contributed by atoms with Gasteiger partial charge in [0.1, 0.15) is 0 Å². The zero-order valence-electron chi connectivity index (χ0n) is 11.5. The number of allylic oxidation sites excluding steroid dienone is 4. The van der Waals surface area contributed by atoms with Gasteiger partial charge in [-0.15, -0.1) is 0 Å². The fourth-order valence-corrected chi connectivity index (χ4v) is 1.36. The first-order valence-corrected chi connectivity index (χ1v) is 6.23. The highest BCUT2D eigenvalue weighted by Crippen LogP contribution is 2.19. The van der Waals surface area contributed by atoms with Crippen molar-refractivity contribution in [2.24, 2.45) is 0 Å². The zero-order chi connectivity index (χ0) is 13.3. The van der Waals surface area contributed by atoms with Crippen LogP contribution < -0.4 is 0 Å². The molecule has 0 amide bonds. The van der Waals surface area contributed by atoms with Crippen molar-refractivity contribution in [1.29, 1.82) is 0 Å². The molecule has 0 saturated heterocycles. The van der Waals surface area contributed by atoms with Gasteiger partial charge in [-0.1, -0.05) is 83.3 Å². The van der Waals surface area contributed by atoms with Gasteiger partial charge in [0, 0.05) is 0 Å². The molecule has 92 valence electrons. The van der Waals surface area contributed by atoms with Crippen LogP contribution in [0.15, 0.2) is 55.7 Å². The average molecular weight is 228 g/mol. The van der Waals surface area contributed by atoms with Crippen molar-refractivity contribution in [1.82, 2.24) is 0 Å². The second-order valence-corrected chi connectivity index (χ2v) is 3.90. The Balaban J connectivity index is 0.00000121. The molecule has 1 aromatic rings. The number of benzene rings is 1. The molecule has 17 heavy (non-hydrogen) atoms. The lowest BCUT2D eigenvalue weighted by atomic mass is 9.99. The molecule has 0 saturated carbocycles. The maximum absolute atomic E-state index is 4.00. The fraction of sp³-hybridized carbons (Fsp3) is 0.294. The van der Waals surface area contributed by atoms with Gasteiger partial charge in [-0.3, -0.25) is 0 Å². The second kappa shape index (κ2) is 8.58. The predicted molar refractivity (Wildman–Crippen MR) is 80.3 cm³/mol. The number of hydrogen-bond donors (Lipinski definition) is 0. The molecule has 0 N–H and O–H groups in total. The van der Waals surface area contributed by atoms with E-state index in [1.165, 1.54) is 5.56 Å². The minimum absolute atomic E-state index is 0.580. The van der Waals surface area contributed by atoms with E-state index in [1.54, 1.807) is 6.08 Å². The standard InChI is InChI=1S/C15H18.C2H6/c1-5-6-7-13(4)15-10-8-14(9-11-15)12(2)3;1-2/h5-12H,1,4H2,2-3H3;1-2H3/b7-6-;. The van der Waals surface area contributed by atoms with E-state index in [0.717, 1.165) is 11.1 Å². The summed E-state index contributed by atoms with van der Waals surface area (Å²) in [7, 11) is 0. The second-order valence-electron chi connectivity index (χ2n) is 3.90. The SMILES string of the molecule is C=C/C=C\C(=C)c1ccc(C(C)C)cc1.CC. The van der Waals surface area contributed by atoms with Crippen molar-refractivity contribution in [2.75, 3.05) is 0 Å². The van der Waals surface area contributed by atoms with Crippen LogP contribution >= 0.6 is 0 Å². The summed E-state index contributed by atoms with van der Waals surface area (Å²) in [6, 6.07) is 8.55. The molecule has 0 aromatic heterocycles. The van der Waals surface area contributed by atoms with Crippen LogP contribution in [0.1, 0.15) is 44.7 Å². The first kappa shape index (κ1) is 15.4. The van der Waals surface area contributed by atoms with E-state index in [0.29, 0.717) is 5.92 Å². The third-order valence-electron chi connectivity index (χ3n) is 2.38. The van der Waals surface area contributed by atoms with Crippen molar-refractivity contribution in [3.05, 3.63) is 66.8 Å². The van der Waals surface area contributed by atoms with Gasteiger partial charge in [0.25, 0.3) is 0 Å². The molecule has 0 spiro atoms. The molecule has 0 aliphatic heterocycles. The Bertz CT molecular complexity index is 364. The Hall–Kier alpha value is -1.56. The van der Waals surface area contributed by atoms with Gasteiger partial charge in [0.05, 0.1) is 0 Å². The summed E-state index contributed by atoms with van der Waals surface area (Å²) in [5.74, 6) is 0.580. The van der Waals surface area contributed by atoms with Crippen molar-refractivity contribution in [2.45, 2.75) is 33.6 Å². The van der Waals surface area contributed by atoms with Crippen molar-refractivity contribution in [3.8, 4) is 0 Å². The van der Waals surface area contributed by atoms with Gasteiger partial charge < -0.3 is 0 Å². The molecule has 0 nitrogen and oxygen atoms in total. The molecule has 1 aromatic carbocycles. The molecule has 0 aliphatic carbocycles. The summed E-state index contributed by atoms with van der Waals surface area (Å²) in [6.45, 7) is 16.0. The van der Waals surface area contributed by atoms with E-state index in [9.17, 15) is 0 Å². The summed E-state index contributed by atoms with van der Waals surface area (Å²) >= 11 is 0. The summed E-state index contributed by atoms with van der Waals surface area (Å²) in [4.78, 5) is 0. The maximum Gasteiger partial charge on any atom is -0.0190 e. The lowest BCUT2D eigenvalue weighted by molar-refractivity contribution is 0.866. The first-order chi connectivity index (χ1) is 8.15. The quantitative estimate of drug-likeness (QED) is 0.589. The minimum atomic E-state index is 0.580. The van der Waals surface area contributed by atoms with E-state index in [2.05, 4.69) is 51.3 Å². The molecule has 0 heterocycles. The summed E-state index contributed by atoms with van der Waals surface area (Å²) in [5, 5.41) is 0. The lowest BCUT2D eigenvalue weighted by Gasteiger charge is -2.06. The minimum Gasteiger partial charge on any atom is -0.0991 e. The topological polar surface area (TPSA) is 0 Å². The predicted octanol–water partition coefficient (Wildman–Crippen LogP) is 5.59. The van der Waals surface area contributed by atoms with Crippen LogP contribution in [0.3, 0.4) is 0 Å². The summed E-state index contributed by atoms with van der Waals surface area (Å²) in [6.07, 6.45) is 5.63. The summed E-state index contributed by atoms with van der Waals surface area (Å²) in [5.41, 5.74) is 3.54. The van der Waals surface area contributed by atoms with Crippen LogP contribution in [-0.2, 0) is 0 Å². The number of rotatable bonds is 4. The highest BCUT2D eigenvalue weighted by molar-refractivity contribution is 5.72. The van der Waals surface area contributed by atoms with Crippen molar-refractivity contribution >= 4 is 5.57 Å². The smallest absolute Gasteiger partial charge is 0.0190 e. The van der Waals surface area contributed by atoms with E-state index in [4.69, 9.17) is 0 Å². The first-order valence-electron chi connectivity index (χ1n) is 6.23. The highest BCUT2D eigenvalue weighted by atomic mass is 14.0. The van der Waals surface area contributed by atoms with Gasteiger partial charge in [-0.2, -0.15) is 0 Å². The lowest BCUT2D eigenvalue weighted by Crippen LogP contribution is -1.87. The number of hydrogen-bond acceptors (Lipinski definition) is 0. The van der Waals surface area contributed by atoms with E-state index in [1.807, 2.05) is 26.0 Å². The monoisotopic (exact) mass is 228 g/mol. The largest absolute Gasteiger partial charge is 0.0991 e. The third kappa shape index (κ3) is 5.35. The van der Waals surface area contributed by atoms with Crippen LogP contribution in [0.25, 0.3) is 5.57 Å².